The highest BCUT2D eigenvalue weighted by atomic mass is 16.2. The molecule has 0 radical (unpaired) electrons. The molecule has 28 heavy (non-hydrogen) atoms. The summed E-state index contributed by atoms with van der Waals surface area (Å²) in [7, 11) is 2.16. The fourth-order valence-electron chi connectivity index (χ4n) is 3.53. The molecule has 0 bridgehead atoms. The van der Waals surface area contributed by atoms with E-state index in [2.05, 4.69) is 63.9 Å². The molecule has 0 spiro atoms. The maximum Gasteiger partial charge on any atom is 0.319 e. The zero-order valence-electron chi connectivity index (χ0n) is 17.2. The van der Waals surface area contributed by atoms with Crippen LogP contribution in [0.1, 0.15) is 24.5 Å². The van der Waals surface area contributed by atoms with E-state index in [0.29, 0.717) is 0 Å². The molecular weight excluding hydrogens is 348 g/mol. The van der Waals surface area contributed by atoms with Crippen LogP contribution in [0.4, 0.5) is 16.2 Å². The Bertz CT molecular complexity index is 769. The van der Waals surface area contributed by atoms with Crippen LogP contribution in [0.2, 0.25) is 0 Å². The van der Waals surface area contributed by atoms with Gasteiger partial charge in [-0.2, -0.15) is 0 Å². The lowest BCUT2D eigenvalue weighted by molar-refractivity contribution is 0.248. The molecule has 0 aromatic heterocycles. The predicted octanol–water partition coefficient (Wildman–Crippen LogP) is 3.89. The van der Waals surface area contributed by atoms with E-state index < -0.39 is 0 Å². The molecule has 2 aromatic rings. The first-order chi connectivity index (χ1) is 13.5. The number of likely N-dealkylation sites (N-methyl/N-ethyl adjacent to an activating group) is 1. The van der Waals surface area contributed by atoms with E-state index in [4.69, 9.17) is 0 Å². The van der Waals surface area contributed by atoms with Gasteiger partial charge in [-0.05, 0) is 63.1 Å². The highest BCUT2D eigenvalue weighted by Crippen LogP contribution is 2.23. The van der Waals surface area contributed by atoms with Crippen molar-refractivity contribution >= 4 is 17.4 Å². The number of benzene rings is 2. The Labute approximate surface area is 168 Å². The van der Waals surface area contributed by atoms with Gasteiger partial charge < -0.3 is 20.4 Å². The van der Waals surface area contributed by atoms with Crippen LogP contribution in [0.5, 0.6) is 0 Å². The van der Waals surface area contributed by atoms with E-state index in [1.165, 1.54) is 11.3 Å². The number of nitrogens with one attached hydrogen (secondary N) is 2. The quantitative estimate of drug-likeness (QED) is 0.799. The number of carbonyl (C=O) groups is 1. The van der Waals surface area contributed by atoms with Gasteiger partial charge in [0.05, 0.1) is 0 Å². The molecule has 2 aromatic carbocycles. The molecule has 1 atom stereocenters. The monoisotopic (exact) mass is 380 g/mol. The minimum Gasteiger partial charge on any atom is -0.369 e. The van der Waals surface area contributed by atoms with Crippen LogP contribution in [0.15, 0.2) is 48.5 Å². The van der Waals surface area contributed by atoms with E-state index in [0.717, 1.165) is 50.3 Å². The van der Waals surface area contributed by atoms with Crippen LogP contribution < -0.4 is 15.5 Å². The molecule has 2 amide bonds. The van der Waals surface area contributed by atoms with Gasteiger partial charge in [0.25, 0.3) is 0 Å². The van der Waals surface area contributed by atoms with Crippen molar-refractivity contribution in [3.8, 4) is 0 Å². The molecular formula is C23H32N4O. The highest BCUT2D eigenvalue weighted by Gasteiger charge is 2.15. The summed E-state index contributed by atoms with van der Waals surface area (Å²) < 4.78 is 0. The van der Waals surface area contributed by atoms with Crippen molar-refractivity contribution in [1.29, 1.82) is 0 Å². The number of anilines is 2. The molecule has 5 nitrogen and oxygen atoms in total. The second-order valence-electron chi connectivity index (χ2n) is 7.81. The van der Waals surface area contributed by atoms with Gasteiger partial charge in [-0.25, -0.2) is 4.79 Å². The lowest BCUT2D eigenvalue weighted by atomic mass is 10.1. The molecule has 1 saturated heterocycles. The highest BCUT2D eigenvalue weighted by molar-refractivity contribution is 5.90. The van der Waals surface area contributed by atoms with Gasteiger partial charge in [0, 0.05) is 43.6 Å². The van der Waals surface area contributed by atoms with E-state index >= 15 is 0 Å². The van der Waals surface area contributed by atoms with Crippen LogP contribution in [-0.2, 0) is 6.42 Å². The largest absolute Gasteiger partial charge is 0.369 e. The summed E-state index contributed by atoms with van der Waals surface area (Å²) in [6.45, 7) is 8.36. The molecule has 2 N–H and O–H groups in total. The maximum atomic E-state index is 12.4. The Kier molecular flexibility index (Phi) is 6.93. The number of rotatable bonds is 6. The smallest absolute Gasteiger partial charge is 0.319 e. The van der Waals surface area contributed by atoms with Crippen molar-refractivity contribution in [2.24, 2.45) is 0 Å². The number of nitrogens with zero attached hydrogens (tertiary/aromatic N) is 2. The maximum absolute atomic E-state index is 12.4. The third-order valence-corrected chi connectivity index (χ3v) is 5.41. The number of piperazine rings is 1. The van der Waals surface area contributed by atoms with Crippen LogP contribution in [0.25, 0.3) is 0 Å². The molecule has 0 unspecified atom stereocenters. The molecule has 1 heterocycles. The van der Waals surface area contributed by atoms with Crippen LogP contribution in [-0.4, -0.2) is 50.2 Å². The van der Waals surface area contributed by atoms with Crippen molar-refractivity contribution < 1.29 is 4.79 Å². The zero-order valence-corrected chi connectivity index (χ0v) is 17.2. The average Bonchev–Trinajstić information content (AvgIpc) is 2.69. The molecule has 1 aliphatic rings. The Morgan fingerprint density at radius 2 is 1.79 bits per heavy atom. The van der Waals surface area contributed by atoms with Gasteiger partial charge in [0.1, 0.15) is 0 Å². The molecule has 3 rings (SSSR count). The normalized spacial score (nSPS) is 15.9. The summed E-state index contributed by atoms with van der Waals surface area (Å²) in [4.78, 5) is 17.1. The summed E-state index contributed by atoms with van der Waals surface area (Å²) in [5, 5.41) is 6.04. The number of aryl methyl sites for hydroxylation is 2. The van der Waals surface area contributed by atoms with Gasteiger partial charge >= 0.3 is 6.03 Å². The van der Waals surface area contributed by atoms with Gasteiger partial charge in [-0.1, -0.05) is 30.3 Å². The SMILES string of the molecule is Cc1cc(N2CCN(C)CC2)ccc1NC(=O)N[C@@H](C)CCc1ccccc1. The molecule has 5 heteroatoms. The summed E-state index contributed by atoms with van der Waals surface area (Å²) in [5.41, 5.74) is 4.48. The lowest BCUT2D eigenvalue weighted by Crippen LogP contribution is -2.44. The zero-order chi connectivity index (χ0) is 19.9. The number of hydrogen-bond acceptors (Lipinski definition) is 3. The summed E-state index contributed by atoms with van der Waals surface area (Å²) in [5.74, 6) is 0. The average molecular weight is 381 g/mol. The Hall–Kier alpha value is -2.53. The van der Waals surface area contributed by atoms with Crippen LogP contribution >= 0.6 is 0 Å². The Morgan fingerprint density at radius 3 is 2.46 bits per heavy atom. The van der Waals surface area contributed by atoms with E-state index in [9.17, 15) is 4.79 Å². The van der Waals surface area contributed by atoms with Gasteiger partial charge in [0.15, 0.2) is 0 Å². The van der Waals surface area contributed by atoms with Crippen LogP contribution in [0.3, 0.4) is 0 Å². The minimum absolute atomic E-state index is 0.116. The number of carbonyl (C=O) groups excluding carboxylic acids is 1. The van der Waals surface area contributed by atoms with Crippen LogP contribution in [0, 0.1) is 6.92 Å². The Balaban J connectivity index is 1.49. The van der Waals surface area contributed by atoms with Gasteiger partial charge in [0.2, 0.25) is 0 Å². The first-order valence-electron chi connectivity index (χ1n) is 10.2. The summed E-state index contributed by atoms with van der Waals surface area (Å²) in [6, 6.07) is 16.6. The summed E-state index contributed by atoms with van der Waals surface area (Å²) >= 11 is 0. The predicted molar refractivity (Wildman–Crippen MR) is 117 cm³/mol. The Morgan fingerprint density at radius 1 is 1.07 bits per heavy atom. The third kappa shape index (κ3) is 5.73. The fourth-order valence-corrected chi connectivity index (χ4v) is 3.53. The second kappa shape index (κ2) is 9.60. The van der Waals surface area contributed by atoms with E-state index in [-0.39, 0.29) is 12.1 Å². The first-order valence-corrected chi connectivity index (χ1v) is 10.2. The standard InChI is InChI=1S/C23H32N4O/c1-18-17-21(27-15-13-26(3)14-16-27)11-12-22(18)25-23(28)24-19(2)9-10-20-7-5-4-6-8-20/h4-8,11-12,17,19H,9-10,13-16H2,1-3H3,(H2,24,25,28)/t19-/m0/s1. The number of urea groups is 1. The molecule has 0 aliphatic carbocycles. The fraction of sp³-hybridized carbons (Fsp3) is 0.435. The minimum atomic E-state index is -0.143. The van der Waals surface area contributed by atoms with Gasteiger partial charge in [-0.3, -0.25) is 0 Å². The topological polar surface area (TPSA) is 47.6 Å². The number of amides is 2. The molecule has 150 valence electrons. The molecule has 0 saturated carbocycles. The summed E-state index contributed by atoms with van der Waals surface area (Å²) in [6.07, 6.45) is 1.87. The van der Waals surface area contributed by atoms with E-state index in [1.807, 2.05) is 26.0 Å². The van der Waals surface area contributed by atoms with E-state index in [1.54, 1.807) is 0 Å². The second-order valence-corrected chi connectivity index (χ2v) is 7.81. The third-order valence-electron chi connectivity index (χ3n) is 5.41. The van der Waals surface area contributed by atoms with Crippen molar-refractivity contribution in [1.82, 2.24) is 10.2 Å². The first kappa shape index (κ1) is 20.2. The van der Waals surface area contributed by atoms with Crippen molar-refractivity contribution in [2.45, 2.75) is 32.7 Å². The van der Waals surface area contributed by atoms with Crippen molar-refractivity contribution in [3.05, 3.63) is 59.7 Å². The number of hydrogen-bond donors (Lipinski definition) is 2. The van der Waals surface area contributed by atoms with Crippen molar-refractivity contribution in [2.75, 3.05) is 43.4 Å². The van der Waals surface area contributed by atoms with Crippen molar-refractivity contribution in [3.63, 3.8) is 0 Å². The van der Waals surface area contributed by atoms with Gasteiger partial charge in [-0.15, -0.1) is 0 Å². The lowest BCUT2D eigenvalue weighted by Gasteiger charge is -2.34. The molecule has 1 aliphatic heterocycles. The molecule has 1 fully saturated rings.